The summed E-state index contributed by atoms with van der Waals surface area (Å²) in [7, 11) is 0. The highest BCUT2D eigenvalue weighted by Gasteiger charge is 2.27. The Morgan fingerprint density at radius 1 is 1.16 bits per heavy atom. The Morgan fingerprint density at radius 3 is 2.65 bits per heavy atom. The van der Waals surface area contributed by atoms with E-state index in [1.165, 1.54) is 6.07 Å². The first-order valence-electron chi connectivity index (χ1n) is 12.6. The molecule has 1 amide bonds. The van der Waals surface area contributed by atoms with Crippen molar-refractivity contribution in [2.24, 2.45) is 5.92 Å². The van der Waals surface area contributed by atoms with Crippen molar-refractivity contribution >= 4 is 41.9 Å². The van der Waals surface area contributed by atoms with Gasteiger partial charge in [-0.05, 0) is 43.5 Å². The van der Waals surface area contributed by atoms with Crippen molar-refractivity contribution in [3.05, 3.63) is 59.3 Å². The van der Waals surface area contributed by atoms with Gasteiger partial charge in [0.1, 0.15) is 5.82 Å². The van der Waals surface area contributed by atoms with Crippen molar-refractivity contribution in [3.63, 3.8) is 0 Å². The van der Waals surface area contributed by atoms with Crippen LogP contribution in [0.3, 0.4) is 0 Å². The molecule has 37 heavy (non-hydrogen) atoms. The molecule has 7 nitrogen and oxygen atoms in total. The van der Waals surface area contributed by atoms with Crippen molar-refractivity contribution in [1.82, 2.24) is 14.9 Å². The minimum absolute atomic E-state index is 0. The van der Waals surface area contributed by atoms with Gasteiger partial charge in [0.25, 0.3) is 5.91 Å². The lowest BCUT2D eigenvalue weighted by atomic mass is 10.0. The molecule has 0 bridgehead atoms. The number of carbonyl (C=O) groups excluding carboxylic acids is 1. The van der Waals surface area contributed by atoms with Gasteiger partial charge in [-0.1, -0.05) is 13.3 Å². The van der Waals surface area contributed by atoms with Crippen LogP contribution < -0.4 is 10.2 Å². The van der Waals surface area contributed by atoms with E-state index in [-0.39, 0.29) is 25.4 Å². The van der Waals surface area contributed by atoms with Crippen LogP contribution in [0.1, 0.15) is 48.7 Å². The molecule has 2 fully saturated rings. The molecule has 1 N–H and O–H groups in total. The average molecular weight is 530 g/mol. The number of hydrogen-bond donors (Lipinski definition) is 1. The number of amides is 1. The minimum atomic E-state index is -0.921. The molecule has 0 aliphatic carbocycles. The summed E-state index contributed by atoms with van der Waals surface area (Å²) in [5.74, 6) is -0.568. The number of likely N-dealkylation sites (tertiary alicyclic amines) is 1. The Hall–Kier alpha value is -2.98. The smallest absolute Gasteiger partial charge is 0.253 e. The molecular weight excluding hydrogens is 496 g/mol. The van der Waals surface area contributed by atoms with Crippen molar-refractivity contribution in [2.75, 3.05) is 49.6 Å². The lowest BCUT2D eigenvalue weighted by molar-refractivity contribution is 0.0787. The van der Waals surface area contributed by atoms with E-state index in [4.69, 9.17) is 9.72 Å². The van der Waals surface area contributed by atoms with E-state index in [2.05, 4.69) is 22.1 Å². The number of anilines is 2. The molecule has 2 aliphatic heterocycles. The van der Waals surface area contributed by atoms with E-state index in [1.807, 2.05) is 17.9 Å². The van der Waals surface area contributed by atoms with E-state index < -0.39 is 11.6 Å². The van der Waals surface area contributed by atoms with Crippen LogP contribution >= 0.6 is 13.5 Å². The Kier molecular flexibility index (Phi) is 8.49. The standard InChI is InChI=1S/C27H31F2N5O2.H2S/c1-3-18-6-7-34(16-18)27(35)19-12-21(17(2)31-20-4-5-22(28)23(29)14-20)26-24(13-19)30-15-25(32-26)33-8-10-36-11-9-33;/h4-5,12-15,17-18,31H,3,6-11,16H2,1-2H3;1H2/t17?,18-;/m0./s1. The fourth-order valence-electron chi connectivity index (χ4n) is 4.98. The van der Waals surface area contributed by atoms with Gasteiger partial charge >= 0.3 is 0 Å². The van der Waals surface area contributed by atoms with E-state index >= 15 is 0 Å². The number of morpholine rings is 1. The first-order chi connectivity index (χ1) is 17.4. The first kappa shape index (κ1) is 27.1. The summed E-state index contributed by atoms with van der Waals surface area (Å²) in [6.07, 6.45) is 3.80. The molecule has 0 radical (unpaired) electrons. The van der Waals surface area contributed by atoms with Crippen LogP contribution in [0.2, 0.25) is 0 Å². The molecule has 0 saturated carbocycles. The number of hydrogen-bond acceptors (Lipinski definition) is 6. The summed E-state index contributed by atoms with van der Waals surface area (Å²) in [5, 5.41) is 3.24. The van der Waals surface area contributed by atoms with Crippen LogP contribution in [-0.2, 0) is 4.74 Å². The summed E-state index contributed by atoms with van der Waals surface area (Å²) in [6, 6.07) is 7.03. The Balaban J connectivity index is 0.00000320. The van der Waals surface area contributed by atoms with Gasteiger partial charge in [-0.25, -0.2) is 13.8 Å². The summed E-state index contributed by atoms with van der Waals surface area (Å²) in [5.41, 5.74) is 3.06. The maximum Gasteiger partial charge on any atom is 0.253 e. The maximum absolute atomic E-state index is 13.8. The third-order valence-corrected chi connectivity index (χ3v) is 7.17. The number of carbonyl (C=O) groups is 1. The fourth-order valence-corrected chi connectivity index (χ4v) is 4.98. The van der Waals surface area contributed by atoms with Crippen molar-refractivity contribution in [3.8, 4) is 0 Å². The fraction of sp³-hybridized carbons (Fsp3) is 0.444. The molecular formula is C27H33F2N5O2S. The number of halogens is 2. The lowest BCUT2D eigenvalue weighted by Crippen LogP contribution is -2.36. The van der Waals surface area contributed by atoms with Crippen molar-refractivity contribution in [2.45, 2.75) is 32.7 Å². The molecule has 3 aromatic rings. The lowest BCUT2D eigenvalue weighted by Gasteiger charge is -2.28. The van der Waals surface area contributed by atoms with Gasteiger partial charge in [0.15, 0.2) is 11.6 Å². The summed E-state index contributed by atoms with van der Waals surface area (Å²) in [4.78, 5) is 27.1. The van der Waals surface area contributed by atoms with Gasteiger partial charge in [-0.3, -0.25) is 9.78 Å². The van der Waals surface area contributed by atoms with Gasteiger partial charge in [0.2, 0.25) is 0 Å². The zero-order valence-electron chi connectivity index (χ0n) is 21.1. The molecule has 2 atom stereocenters. The largest absolute Gasteiger partial charge is 0.378 e. The van der Waals surface area contributed by atoms with Gasteiger partial charge in [0, 0.05) is 49.1 Å². The van der Waals surface area contributed by atoms with Gasteiger partial charge in [-0.15, -0.1) is 0 Å². The number of ether oxygens (including phenoxy) is 1. The monoisotopic (exact) mass is 529 g/mol. The Morgan fingerprint density at radius 2 is 1.95 bits per heavy atom. The molecule has 2 aromatic carbocycles. The predicted octanol–water partition coefficient (Wildman–Crippen LogP) is 4.90. The third kappa shape index (κ3) is 5.80. The van der Waals surface area contributed by atoms with Gasteiger partial charge in [-0.2, -0.15) is 13.5 Å². The maximum atomic E-state index is 13.8. The molecule has 5 rings (SSSR count). The van der Waals surface area contributed by atoms with Gasteiger partial charge < -0.3 is 19.9 Å². The second-order valence-corrected chi connectivity index (χ2v) is 9.57. The van der Waals surface area contributed by atoms with E-state index in [0.29, 0.717) is 41.4 Å². The van der Waals surface area contributed by atoms with Crippen LogP contribution in [-0.4, -0.2) is 60.2 Å². The normalized spacial score (nSPS) is 18.5. The zero-order chi connectivity index (χ0) is 25.2. The summed E-state index contributed by atoms with van der Waals surface area (Å²) < 4.78 is 32.8. The summed E-state index contributed by atoms with van der Waals surface area (Å²) >= 11 is 0. The Bertz CT molecular complexity index is 1270. The van der Waals surface area contributed by atoms with Crippen LogP contribution in [0.5, 0.6) is 0 Å². The van der Waals surface area contributed by atoms with E-state index in [9.17, 15) is 13.6 Å². The predicted molar refractivity (Wildman–Crippen MR) is 146 cm³/mol. The number of nitrogens with zero attached hydrogens (tertiary/aromatic N) is 4. The van der Waals surface area contributed by atoms with E-state index in [0.717, 1.165) is 62.5 Å². The zero-order valence-corrected chi connectivity index (χ0v) is 22.1. The quantitative estimate of drug-likeness (QED) is 0.490. The molecule has 10 heteroatoms. The van der Waals surface area contributed by atoms with Crippen molar-refractivity contribution < 1.29 is 18.3 Å². The second-order valence-electron chi connectivity index (χ2n) is 9.57. The average Bonchev–Trinajstić information content (AvgIpc) is 3.39. The first-order valence-corrected chi connectivity index (χ1v) is 12.6. The van der Waals surface area contributed by atoms with Crippen LogP contribution in [0.25, 0.3) is 11.0 Å². The van der Waals surface area contributed by atoms with Crippen molar-refractivity contribution in [1.29, 1.82) is 0 Å². The highest BCUT2D eigenvalue weighted by Crippen LogP contribution is 2.30. The molecule has 3 heterocycles. The highest BCUT2D eigenvalue weighted by molar-refractivity contribution is 7.59. The summed E-state index contributed by atoms with van der Waals surface area (Å²) in [6.45, 7) is 8.27. The second kappa shape index (κ2) is 11.6. The SMILES string of the molecule is CC[C@H]1CCN(C(=O)c2cc(C(C)Nc3ccc(F)c(F)c3)c3nc(N4CCOCC4)cnc3c2)C1.S. The number of benzene rings is 2. The molecule has 1 unspecified atom stereocenters. The van der Waals surface area contributed by atoms with Crippen LogP contribution in [0.15, 0.2) is 36.5 Å². The van der Waals surface area contributed by atoms with E-state index in [1.54, 1.807) is 12.3 Å². The van der Waals surface area contributed by atoms with Crippen LogP contribution in [0.4, 0.5) is 20.3 Å². The highest BCUT2D eigenvalue weighted by atomic mass is 32.1. The van der Waals surface area contributed by atoms with Gasteiger partial charge in [0.05, 0.1) is 36.5 Å². The Labute approximate surface area is 222 Å². The third-order valence-electron chi connectivity index (χ3n) is 7.17. The molecule has 0 spiro atoms. The topological polar surface area (TPSA) is 70.6 Å². The number of aromatic nitrogens is 2. The van der Waals surface area contributed by atoms with Crippen LogP contribution in [0, 0.1) is 17.6 Å². The number of fused-ring (bicyclic) bond motifs is 1. The number of nitrogens with one attached hydrogen (secondary N) is 1. The molecule has 2 saturated heterocycles. The number of rotatable bonds is 6. The molecule has 1 aromatic heterocycles. The molecule has 2 aliphatic rings. The minimum Gasteiger partial charge on any atom is -0.378 e. The molecule has 198 valence electrons.